The average Bonchev–Trinajstić information content (AvgIpc) is 3.31. The molecule has 0 saturated carbocycles. The molecule has 6 N–H and O–H groups in total. The Morgan fingerprint density at radius 3 is 2.10 bits per heavy atom. The molecule has 5 atom stereocenters. The lowest BCUT2D eigenvalue weighted by molar-refractivity contribution is -0.0464. The number of aliphatic hydroxyl groups is 4. The van der Waals surface area contributed by atoms with Gasteiger partial charge in [0.2, 0.25) is 0 Å². The van der Waals surface area contributed by atoms with E-state index in [2.05, 4.69) is 0 Å². The molecule has 0 bridgehead atoms. The van der Waals surface area contributed by atoms with Crippen LogP contribution in [0.15, 0.2) is 27.9 Å². The van der Waals surface area contributed by atoms with Gasteiger partial charge in [-0.25, -0.2) is 4.79 Å². The van der Waals surface area contributed by atoms with Gasteiger partial charge in [0.25, 0.3) is 5.56 Å². The third kappa shape index (κ3) is 11.3. The van der Waals surface area contributed by atoms with Gasteiger partial charge in [-0.05, 0) is 26.2 Å². The van der Waals surface area contributed by atoms with Crippen LogP contribution >= 0.6 is 0 Å². The molecular formula is C29H51N3O7. The molecule has 1 saturated heterocycles. The molecule has 0 amide bonds. The number of hydrogen-bond donors (Lipinski definition) is 5. The first-order valence-electron chi connectivity index (χ1n) is 14.8. The third-order valence-corrected chi connectivity index (χ3v) is 7.55. The fraction of sp³-hybridized carbons (Fsp3) is 0.793. The summed E-state index contributed by atoms with van der Waals surface area (Å²) in [5.74, 6) is 0. The predicted octanol–water partition coefficient (Wildman–Crippen LogP) is 2.27. The van der Waals surface area contributed by atoms with Crippen molar-refractivity contribution in [2.45, 2.75) is 134 Å². The molecule has 2 unspecified atom stereocenters. The standard InChI is InChI=1S/C29H51N3O7/c1-22-19-32(27-18-25(36)26(21-34)39-27)29(38)31(28(22)37)17-15-13-11-9-7-5-3-2-4-6-8-10-12-14-16-24(35)23(30)20-33/h14,16,19,23-27,33-36H,2-13,15,17-18,20-21,30H2,1H3/b16-14+/t23?,24?,25-,26+,27+/m0/s1. The molecule has 1 aromatic heterocycles. The van der Waals surface area contributed by atoms with E-state index in [1.165, 1.54) is 60.3 Å². The number of unbranched alkanes of at least 4 members (excludes halogenated alkanes) is 12. The second kappa shape index (κ2) is 18.5. The largest absolute Gasteiger partial charge is 0.395 e. The molecule has 10 heteroatoms. The first-order chi connectivity index (χ1) is 18.8. The van der Waals surface area contributed by atoms with Gasteiger partial charge in [-0.1, -0.05) is 76.4 Å². The number of aryl methyl sites for hydroxylation is 1. The van der Waals surface area contributed by atoms with Gasteiger partial charge in [-0.15, -0.1) is 0 Å². The SMILES string of the molecule is Cc1cn([C@H]2C[C@H](O)[C@@H](CO)O2)c(=O)n(CCCCCCCCCCCCCC/C=C/C(O)C(N)CO)c1=O. The molecule has 0 aromatic carbocycles. The van der Waals surface area contributed by atoms with E-state index in [1.54, 1.807) is 13.0 Å². The molecule has 1 aromatic rings. The molecule has 0 spiro atoms. The molecule has 0 radical (unpaired) electrons. The van der Waals surface area contributed by atoms with Crippen LogP contribution in [-0.4, -0.2) is 67.1 Å². The zero-order chi connectivity index (χ0) is 28.6. The first kappa shape index (κ1) is 33.4. The van der Waals surface area contributed by atoms with Crippen LogP contribution in [0.4, 0.5) is 0 Å². The Hall–Kier alpha value is -1.82. The second-order valence-electron chi connectivity index (χ2n) is 10.9. The molecule has 2 rings (SSSR count). The lowest BCUT2D eigenvalue weighted by atomic mass is 10.0. The minimum atomic E-state index is -0.842. The molecule has 1 aliphatic heterocycles. The van der Waals surface area contributed by atoms with Crippen molar-refractivity contribution in [3.63, 3.8) is 0 Å². The number of hydrogen-bond acceptors (Lipinski definition) is 8. The van der Waals surface area contributed by atoms with Gasteiger partial charge in [-0.3, -0.25) is 13.9 Å². The molecule has 10 nitrogen and oxygen atoms in total. The quantitative estimate of drug-likeness (QED) is 0.121. The Bertz CT molecular complexity index is 961. The maximum absolute atomic E-state index is 12.9. The van der Waals surface area contributed by atoms with Crippen molar-refractivity contribution in [1.29, 1.82) is 0 Å². The zero-order valence-corrected chi connectivity index (χ0v) is 23.6. The van der Waals surface area contributed by atoms with E-state index in [4.69, 9.17) is 15.6 Å². The highest BCUT2D eigenvalue weighted by Crippen LogP contribution is 2.27. The van der Waals surface area contributed by atoms with Crippen LogP contribution in [0.5, 0.6) is 0 Å². The van der Waals surface area contributed by atoms with E-state index >= 15 is 0 Å². The van der Waals surface area contributed by atoms with E-state index in [9.17, 15) is 24.9 Å². The molecule has 39 heavy (non-hydrogen) atoms. The Morgan fingerprint density at radius 1 is 1.00 bits per heavy atom. The average molecular weight is 554 g/mol. The molecule has 0 aliphatic carbocycles. The maximum Gasteiger partial charge on any atom is 0.333 e. The highest BCUT2D eigenvalue weighted by Gasteiger charge is 2.35. The van der Waals surface area contributed by atoms with E-state index < -0.39 is 36.3 Å². The number of rotatable bonds is 20. The van der Waals surface area contributed by atoms with E-state index in [-0.39, 0.29) is 25.2 Å². The number of nitrogens with zero attached hydrogens (tertiary/aromatic N) is 2. The summed E-state index contributed by atoms with van der Waals surface area (Å²) in [6, 6.07) is -0.609. The van der Waals surface area contributed by atoms with Crippen molar-refractivity contribution < 1.29 is 25.2 Å². The van der Waals surface area contributed by atoms with Crippen LogP contribution in [-0.2, 0) is 11.3 Å². The summed E-state index contributed by atoms with van der Waals surface area (Å²) >= 11 is 0. The topological polar surface area (TPSA) is 160 Å². The highest BCUT2D eigenvalue weighted by atomic mass is 16.5. The minimum absolute atomic E-state index is 0.203. The van der Waals surface area contributed by atoms with Crippen LogP contribution in [0.25, 0.3) is 0 Å². The van der Waals surface area contributed by atoms with Gasteiger partial charge in [0, 0.05) is 24.7 Å². The van der Waals surface area contributed by atoms with Crippen LogP contribution in [0, 0.1) is 6.92 Å². The van der Waals surface area contributed by atoms with Crippen LogP contribution in [0.1, 0.15) is 102 Å². The number of aromatic nitrogens is 2. The Balaban J connectivity index is 1.53. The summed E-state index contributed by atoms with van der Waals surface area (Å²) in [6.45, 7) is 1.50. The van der Waals surface area contributed by atoms with Gasteiger partial charge in [0.05, 0.1) is 31.5 Å². The lowest BCUT2D eigenvalue weighted by Gasteiger charge is -2.17. The highest BCUT2D eigenvalue weighted by molar-refractivity contribution is 5.04. The van der Waals surface area contributed by atoms with Crippen molar-refractivity contribution in [3.05, 3.63) is 44.8 Å². The maximum atomic E-state index is 12.9. The molecule has 2 heterocycles. The number of aliphatic hydroxyl groups excluding tert-OH is 4. The number of ether oxygens (including phenoxy) is 1. The first-order valence-corrected chi connectivity index (χ1v) is 14.8. The van der Waals surface area contributed by atoms with Crippen molar-refractivity contribution >= 4 is 0 Å². The van der Waals surface area contributed by atoms with Gasteiger partial charge in [0.1, 0.15) is 12.3 Å². The second-order valence-corrected chi connectivity index (χ2v) is 10.9. The number of nitrogens with two attached hydrogens (primary N) is 1. The monoisotopic (exact) mass is 553 g/mol. The van der Waals surface area contributed by atoms with Crippen LogP contribution in [0.2, 0.25) is 0 Å². The van der Waals surface area contributed by atoms with Gasteiger partial charge < -0.3 is 30.9 Å². The fourth-order valence-corrected chi connectivity index (χ4v) is 5.00. The summed E-state index contributed by atoms with van der Waals surface area (Å²) in [4.78, 5) is 25.5. The van der Waals surface area contributed by atoms with Gasteiger partial charge in [-0.2, -0.15) is 0 Å². The third-order valence-electron chi connectivity index (χ3n) is 7.55. The van der Waals surface area contributed by atoms with Crippen molar-refractivity contribution in [2.75, 3.05) is 13.2 Å². The number of allylic oxidation sites excluding steroid dienone is 1. The molecule has 1 aliphatic rings. The predicted molar refractivity (Wildman–Crippen MR) is 152 cm³/mol. The minimum Gasteiger partial charge on any atom is -0.395 e. The molecule has 1 fully saturated rings. The Labute approximate surface area is 232 Å². The Kier molecular flexibility index (Phi) is 15.8. The zero-order valence-electron chi connectivity index (χ0n) is 23.6. The van der Waals surface area contributed by atoms with E-state index in [1.807, 2.05) is 6.08 Å². The summed E-state index contributed by atoms with van der Waals surface area (Å²) in [7, 11) is 0. The van der Waals surface area contributed by atoms with E-state index in [0.29, 0.717) is 12.1 Å². The normalized spacial score (nSPS) is 21.1. The van der Waals surface area contributed by atoms with Crippen molar-refractivity contribution in [1.82, 2.24) is 9.13 Å². The van der Waals surface area contributed by atoms with Crippen molar-refractivity contribution in [2.24, 2.45) is 5.73 Å². The van der Waals surface area contributed by atoms with Crippen LogP contribution < -0.4 is 17.0 Å². The van der Waals surface area contributed by atoms with Crippen molar-refractivity contribution in [3.8, 4) is 0 Å². The summed E-state index contributed by atoms with van der Waals surface area (Å²) < 4.78 is 8.25. The molecule has 224 valence electrons. The van der Waals surface area contributed by atoms with Gasteiger partial charge in [0.15, 0.2) is 0 Å². The lowest BCUT2D eigenvalue weighted by Crippen LogP contribution is -2.42. The van der Waals surface area contributed by atoms with Crippen LogP contribution in [0.3, 0.4) is 0 Å². The fourth-order valence-electron chi connectivity index (χ4n) is 5.00. The van der Waals surface area contributed by atoms with E-state index in [0.717, 1.165) is 38.5 Å². The summed E-state index contributed by atoms with van der Waals surface area (Å²) in [5.41, 5.74) is 5.30. The Morgan fingerprint density at radius 2 is 1.56 bits per heavy atom. The summed E-state index contributed by atoms with van der Waals surface area (Å²) in [6.07, 6.45) is 16.8. The summed E-state index contributed by atoms with van der Waals surface area (Å²) in [5, 5.41) is 37.9. The smallest absolute Gasteiger partial charge is 0.333 e. The molecular weight excluding hydrogens is 502 g/mol. The van der Waals surface area contributed by atoms with Gasteiger partial charge >= 0.3 is 5.69 Å².